The minimum Gasteiger partial charge on any atom is -0.352 e. The zero-order valence-corrected chi connectivity index (χ0v) is 15.9. The summed E-state index contributed by atoms with van der Waals surface area (Å²) >= 11 is 1.32. The van der Waals surface area contributed by atoms with Crippen molar-refractivity contribution in [3.05, 3.63) is 63.7 Å². The predicted octanol–water partition coefficient (Wildman–Crippen LogP) is 3.43. The third kappa shape index (κ3) is 4.97. The van der Waals surface area contributed by atoms with Gasteiger partial charge in [-0.2, -0.15) is 0 Å². The number of hydrogen-bond acceptors (Lipinski definition) is 5. The lowest BCUT2D eigenvalue weighted by Crippen LogP contribution is -2.48. The van der Waals surface area contributed by atoms with Crippen molar-refractivity contribution in [1.82, 2.24) is 10.6 Å². The van der Waals surface area contributed by atoms with Gasteiger partial charge in [0.25, 0.3) is 11.6 Å². The summed E-state index contributed by atoms with van der Waals surface area (Å²) in [6, 6.07) is 12.4. The second-order valence-electron chi connectivity index (χ2n) is 6.09. The monoisotopic (exact) mass is 393 g/mol. The summed E-state index contributed by atoms with van der Waals surface area (Å²) in [5.74, 6) is 0.164. The fourth-order valence-corrected chi connectivity index (χ4v) is 3.35. The van der Waals surface area contributed by atoms with E-state index in [0.29, 0.717) is 22.9 Å². The Bertz CT molecular complexity index is 795. The second-order valence-corrected chi connectivity index (χ2v) is 7.20. The maximum atomic E-state index is 12.2. The standard InChI is InChI=1S/C18H19N3O3S.ClH/c1-12-2-5-15(6-3-12)25-17-7-4-14(8-16(17)21(23)24)18(22)20-11-13-9-19-10-13;/h2-8,13,19H,9-11H2,1H3,(H,20,22);1H. The number of aryl methyl sites for hydroxylation is 1. The highest BCUT2D eigenvalue weighted by Gasteiger charge is 2.21. The van der Waals surface area contributed by atoms with E-state index in [0.717, 1.165) is 23.5 Å². The smallest absolute Gasteiger partial charge is 0.284 e. The number of rotatable bonds is 6. The van der Waals surface area contributed by atoms with Crippen LogP contribution in [0.5, 0.6) is 0 Å². The van der Waals surface area contributed by atoms with Crippen LogP contribution in [0.4, 0.5) is 5.69 Å². The van der Waals surface area contributed by atoms with E-state index in [2.05, 4.69) is 10.6 Å². The van der Waals surface area contributed by atoms with Gasteiger partial charge in [-0.05, 0) is 31.2 Å². The number of carbonyl (C=O) groups excluding carboxylic acids is 1. The molecule has 0 unspecified atom stereocenters. The molecule has 1 aliphatic heterocycles. The molecule has 1 fully saturated rings. The van der Waals surface area contributed by atoms with Crippen LogP contribution in [0, 0.1) is 23.0 Å². The van der Waals surface area contributed by atoms with Gasteiger partial charge in [0.15, 0.2) is 0 Å². The number of hydrogen-bond donors (Lipinski definition) is 2. The summed E-state index contributed by atoms with van der Waals surface area (Å²) in [7, 11) is 0. The number of nitrogens with one attached hydrogen (secondary N) is 2. The first-order valence-corrected chi connectivity index (χ1v) is 8.86. The van der Waals surface area contributed by atoms with Gasteiger partial charge in [0, 0.05) is 42.1 Å². The predicted molar refractivity (Wildman–Crippen MR) is 104 cm³/mol. The molecule has 2 aromatic rings. The molecule has 0 saturated carbocycles. The van der Waals surface area contributed by atoms with Crippen LogP contribution in [0.2, 0.25) is 0 Å². The molecule has 3 rings (SSSR count). The number of amides is 1. The number of benzene rings is 2. The van der Waals surface area contributed by atoms with Crippen molar-refractivity contribution in [2.24, 2.45) is 5.92 Å². The van der Waals surface area contributed by atoms with Crippen molar-refractivity contribution in [2.75, 3.05) is 19.6 Å². The fraction of sp³-hybridized carbons (Fsp3) is 0.278. The maximum Gasteiger partial charge on any atom is 0.284 e. The van der Waals surface area contributed by atoms with E-state index in [1.807, 2.05) is 31.2 Å². The Morgan fingerprint density at radius 2 is 1.96 bits per heavy atom. The minimum atomic E-state index is -0.441. The lowest BCUT2D eigenvalue weighted by atomic mass is 10.0. The van der Waals surface area contributed by atoms with Crippen LogP contribution in [0.15, 0.2) is 52.3 Å². The Morgan fingerprint density at radius 1 is 1.27 bits per heavy atom. The topological polar surface area (TPSA) is 84.3 Å². The molecule has 2 aromatic carbocycles. The minimum absolute atomic E-state index is 0. The summed E-state index contributed by atoms with van der Waals surface area (Å²) < 4.78 is 0. The van der Waals surface area contributed by atoms with Gasteiger partial charge < -0.3 is 10.6 Å². The molecular formula is C18H20ClN3O3S. The molecule has 0 spiro atoms. The van der Waals surface area contributed by atoms with Gasteiger partial charge in [0.2, 0.25) is 0 Å². The second kappa shape index (κ2) is 9.02. The van der Waals surface area contributed by atoms with E-state index in [9.17, 15) is 14.9 Å². The van der Waals surface area contributed by atoms with Crippen molar-refractivity contribution < 1.29 is 9.72 Å². The van der Waals surface area contributed by atoms with Crippen LogP contribution in [0.25, 0.3) is 0 Å². The zero-order valence-electron chi connectivity index (χ0n) is 14.2. The van der Waals surface area contributed by atoms with Crippen LogP contribution < -0.4 is 10.6 Å². The molecule has 1 saturated heterocycles. The molecule has 0 aliphatic carbocycles. The van der Waals surface area contributed by atoms with E-state index >= 15 is 0 Å². The molecule has 2 N–H and O–H groups in total. The lowest BCUT2D eigenvalue weighted by Gasteiger charge is -2.27. The summed E-state index contributed by atoms with van der Waals surface area (Å²) in [6.45, 7) is 4.36. The molecule has 1 aliphatic rings. The van der Waals surface area contributed by atoms with E-state index < -0.39 is 4.92 Å². The molecular weight excluding hydrogens is 374 g/mol. The van der Waals surface area contributed by atoms with Crippen LogP contribution in [0.3, 0.4) is 0 Å². The highest BCUT2D eigenvalue weighted by molar-refractivity contribution is 7.99. The van der Waals surface area contributed by atoms with Crippen molar-refractivity contribution in [3.8, 4) is 0 Å². The molecule has 0 radical (unpaired) electrons. The first-order valence-electron chi connectivity index (χ1n) is 8.05. The molecule has 8 heteroatoms. The van der Waals surface area contributed by atoms with Gasteiger partial charge in [-0.15, -0.1) is 12.4 Å². The number of nitro benzene ring substituents is 1. The Morgan fingerprint density at radius 3 is 2.54 bits per heavy atom. The number of carbonyl (C=O) groups is 1. The Kier molecular flexibility index (Phi) is 7.02. The Hall–Kier alpha value is -2.09. The Labute approximate surface area is 162 Å². The van der Waals surface area contributed by atoms with Gasteiger partial charge in [-0.1, -0.05) is 29.5 Å². The molecule has 1 heterocycles. The highest BCUT2D eigenvalue weighted by Crippen LogP contribution is 2.35. The first kappa shape index (κ1) is 20.2. The van der Waals surface area contributed by atoms with Gasteiger partial charge >= 0.3 is 0 Å². The van der Waals surface area contributed by atoms with Gasteiger partial charge in [-0.25, -0.2) is 0 Å². The average molecular weight is 394 g/mol. The van der Waals surface area contributed by atoms with E-state index in [-0.39, 0.29) is 24.0 Å². The van der Waals surface area contributed by atoms with Gasteiger partial charge in [0.1, 0.15) is 0 Å². The first-order chi connectivity index (χ1) is 12.0. The van der Waals surface area contributed by atoms with Crippen LogP contribution in [0.1, 0.15) is 15.9 Å². The highest BCUT2D eigenvalue weighted by atomic mass is 35.5. The zero-order chi connectivity index (χ0) is 17.8. The molecule has 0 atom stereocenters. The van der Waals surface area contributed by atoms with Crippen molar-refractivity contribution in [2.45, 2.75) is 16.7 Å². The number of nitrogens with zero attached hydrogens (tertiary/aromatic N) is 1. The summed E-state index contributed by atoms with van der Waals surface area (Å²) in [5.41, 5.74) is 1.39. The van der Waals surface area contributed by atoms with Gasteiger partial charge in [0.05, 0.1) is 9.82 Å². The third-order valence-corrected chi connectivity index (χ3v) is 5.16. The van der Waals surface area contributed by atoms with E-state index in [1.54, 1.807) is 12.1 Å². The largest absolute Gasteiger partial charge is 0.352 e. The molecule has 0 aromatic heterocycles. The number of nitro groups is 1. The van der Waals surface area contributed by atoms with Crippen LogP contribution in [-0.2, 0) is 0 Å². The van der Waals surface area contributed by atoms with Crippen LogP contribution in [-0.4, -0.2) is 30.5 Å². The van der Waals surface area contributed by atoms with E-state index in [4.69, 9.17) is 0 Å². The van der Waals surface area contributed by atoms with Crippen LogP contribution >= 0.6 is 24.2 Å². The summed E-state index contributed by atoms with van der Waals surface area (Å²) in [6.07, 6.45) is 0. The molecule has 6 nitrogen and oxygen atoms in total. The fourth-order valence-electron chi connectivity index (χ4n) is 2.45. The summed E-state index contributed by atoms with van der Waals surface area (Å²) in [5, 5.41) is 17.4. The third-order valence-electron chi connectivity index (χ3n) is 4.08. The normalized spacial score (nSPS) is 13.4. The van der Waals surface area contributed by atoms with Gasteiger partial charge in [-0.3, -0.25) is 14.9 Å². The number of halogens is 1. The van der Waals surface area contributed by atoms with Crippen molar-refractivity contribution in [3.63, 3.8) is 0 Å². The van der Waals surface area contributed by atoms with Crippen molar-refractivity contribution >= 4 is 35.8 Å². The SMILES string of the molecule is Cc1ccc(Sc2ccc(C(=O)NCC3CNC3)cc2[N+](=O)[O-])cc1.Cl. The lowest BCUT2D eigenvalue weighted by molar-refractivity contribution is -0.387. The van der Waals surface area contributed by atoms with Crippen molar-refractivity contribution in [1.29, 1.82) is 0 Å². The molecule has 0 bridgehead atoms. The summed E-state index contributed by atoms with van der Waals surface area (Å²) in [4.78, 5) is 24.6. The quantitative estimate of drug-likeness (QED) is 0.580. The molecule has 1 amide bonds. The molecule has 26 heavy (non-hydrogen) atoms. The maximum absolute atomic E-state index is 12.2. The molecule has 138 valence electrons. The van der Waals surface area contributed by atoms with E-state index in [1.165, 1.54) is 17.8 Å². The average Bonchev–Trinajstić information content (AvgIpc) is 2.55. The Balaban J connectivity index is 0.00000243.